The molecule has 0 bridgehead atoms. The van der Waals surface area contributed by atoms with Crippen LogP contribution in [0.1, 0.15) is 42.5 Å². The maximum atomic E-state index is 10.9. The Bertz CT molecular complexity index is 426. The molecule has 0 radical (unpaired) electrons. The number of carboxylic acid groups (broad SMARTS) is 1. The minimum Gasteiger partial charge on any atom is -0.478 e. The van der Waals surface area contributed by atoms with Crippen LogP contribution in [0.3, 0.4) is 0 Å². The van der Waals surface area contributed by atoms with E-state index in [1.54, 1.807) is 6.07 Å². The van der Waals surface area contributed by atoms with Gasteiger partial charge in [-0.05, 0) is 24.5 Å². The van der Waals surface area contributed by atoms with Crippen LogP contribution in [0.5, 0.6) is 0 Å². The summed E-state index contributed by atoms with van der Waals surface area (Å²) in [5.41, 5.74) is 7.06. The molecule has 1 aromatic rings. The van der Waals surface area contributed by atoms with Gasteiger partial charge in [0, 0.05) is 6.54 Å². The summed E-state index contributed by atoms with van der Waals surface area (Å²) in [5, 5.41) is 12.2. The molecule has 18 heavy (non-hydrogen) atoms. The number of anilines is 2. The Labute approximate surface area is 107 Å². The number of aromatic carboxylic acids is 1. The zero-order valence-electron chi connectivity index (χ0n) is 10.5. The van der Waals surface area contributed by atoms with Crippen molar-refractivity contribution in [3.05, 3.63) is 23.8 Å². The molecule has 0 unspecified atom stereocenters. The molecule has 4 heteroatoms. The largest absolute Gasteiger partial charge is 0.478 e. The first-order valence-electron chi connectivity index (χ1n) is 6.54. The second-order valence-corrected chi connectivity index (χ2v) is 4.94. The summed E-state index contributed by atoms with van der Waals surface area (Å²) in [4.78, 5) is 10.9. The number of para-hydroxylation sites is 1. The minimum atomic E-state index is -0.980. The molecule has 0 heterocycles. The van der Waals surface area contributed by atoms with E-state index in [9.17, 15) is 4.79 Å². The average molecular weight is 248 g/mol. The fourth-order valence-electron chi connectivity index (χ4n) is 2.62. The third-order valence-electron chi connectivity index (χ3n) is 3.68. The Morgan fingerprint density at radius 3 is 2.78 bits per heavy atom. The lowest BCUT2D eigenvalue weighted by atomic mass is 10.0. The van der Waals surface area contributed by atoms with E-state index in [0.717, 1.165) is 24.6 Å². The highest BCUT2D eigenvalue weighted by Crippen LogP contribution is 2.28. The second-order valence-electron chi connectivity index (χ2n) is 4.94. The van der Waals surface area contributed by atoms with Gasteiger partial charge in [-0.15, -0.1) is 0 Å². The number of carbonyl (C=O) groups is 1. The van der Waals surface area contributed by atoms with Gasteiger partial charge in [0.05, 0.1) is 16.9 Å². The Morgan fingerprint density at radius 1 is 1.39 bits per heavy atom. The van der Waals surface area contributed by atoms with Crippen LogP contribution in [0.4, 0.5) is 11.4 Å². The first-order chi connectivity index (χ1) is 8.68. The van der Waals surface area contributed by atoms with Gasteiger partial charge in [-0.3, -0.25) is 0 Å². The third-order valence-corrected chi connectivity index (χ3v) is 3.68. The molecule has 1 saturated carbocycles. The summed E-state index contributed by atoms with van der Waals surface area (Å²) in [5.74, 6) is -0.159. The molecular weight excluding hydrogens is 228 g/mol. The molecular formula is C14H20N2O2. The van der Waals surface area contributed by atoms with Gasteiger partial charge in [-0.2, -0.15) is 0 Å². The zero-order valence-corrected chi connectivity index (χ0v) is 10.5. The second kappa shape index (κ2) is 5.76. The summed E-state index contributed by atoms with van der Waals surface area (Å²) >= 11 is 0. The highest BCUT2D eigenvalue weighted by atomic mass is 16.4. The van der Waals surface area contributed by atoms with Gasteiger partial charge in [0.25, 0.3) is 0 Å². The minimum absolute atomic E-state index is 0.167. The van der Waals surface area contributed by atoms with Gasteiger partial charge in [0.1, 0.15) is 0 Å². The summed E-state index contributed by atoms with van der Waals surface area (Å²) in [7, 11) is 0. The van der Waals surface area contributed by atoms with Crippen molar-refractivity contribution in [2.75, 3.05) is 17.6 Å². The maximum absolute atomic E-state index is 10.9. The molecule has 1 aromatic carbocycles. The van der Waals surface area contributed by atoms with E-state index in [2.05, 4.69) is 5.32 Å². The molecule has 98 valence electrons. The van der Waals surface area contributed by atoms with Crippen LogP contribution in [-0.2, 0) is 0 Å². The number of nitrogens with two attached hydrogens (primary N) is 1. The van der Waals surface area contributed by atoms with Crippen molar-refractivity contribution in [2.45, 2.75) is 32.1 Å². The lowest BCUT2D eigenvalue weighted by Gasteiger charge is -2.13. The quantitative estimate of drug-likeness (QED) is 0.700. The zero-order chi connectivity index (χ0) is 13.0. The third kappa shape index (κ3) is 2.94. The van der Waals surface area contributed by atoms with Crippen molar-refractivity contribution in [1.82, 2.24) is 0 Å². The van der Waals surface area contributed by atoms with E-state index in [1.807, 2.05) is 6.07 Å². The van der Waals surface area contributed by atoms with Crippen molar-refractivity contribution in [3.63, 3.8) is 0 Å². The van der Waals surface area contributed by atoms with Gasteiger partial charge in [0.2, 0.25) is 0 Å². The van der Waals surface area contributed by atoms with Gasteiger partial charge < -0.3 is 16.2 Å². The predicted octanol–water partition coefficient (Wildman–Crippen LogP) is 2.96. The molecule has 0 aliphatic heterocycles. The van der Waals surface area contributed by atoms with E-state index in [1.165, 1.54) is 31.7 Å². The molecule has 0 spiro atoms. The van der Waals surface area contributed by atoms with Gasteiger partial charge in [-0.1, -0.05) is 31.7 Å². The molecule has 0 aromatic heterocycles. The van der Waals surface area contributed by atoms with Crippen molar-refractivity contribution in [1.29, 1.82) is 0 Å². The Kier molecular flexibility index (Phi) is 4.07. The molecule has 0 saturated heterocycles. The number of nitrogens with one attached hydrogen (secondary N) is 1. The van der Waals surface area contributed by atoms with Crippen molar-refractivity contribution in [2.24, 2.45) is 5.92 Å². The highest BCUT2D eigenvalue weighted by Gasteiger charge is 2.15. The van der Waals surface area contributed by atoms with Crippen molar-refractivity contribution < 1.29 is 9.90 Å². The van der Waals surface area contributed by atoms with Crippen LogP contribution in [0.2, 0.25) is 0 Å². The number of hydrogen-bond donors (Lipinski definition) is 3. The predicted molar refractivity (Wildman–Crippen MR) is 72.9 cm³/mol. The van der Waals surface area contributed by atoms with Crippen LogP contribution >= 0.6 is 0 Å². The van der Waals surface area contributed by atoms with Crippen molar-refractivity contribution in [3.8, 4) is 0 Å². The van der Waals surface area contributed by atoms with Gasteiger partial charge in [-0.25, -0.2) is 4.79 Å². The number of nitrogen functional groups attached to an aromatic ring is 1. The molecule has 1 aliphatic carbocycles. The number of rotatable bonds is 5. The maximum Gasteiger partial charge on any atom is 0.337 e. The van der Waals surface area contributed by atoms with Crippen LogP contribution < -0.4 is 11.1 Å². The monoisotopic (exact) mass is 248 g/mol. The summed E-state index contributed by atoms with van der Waals surface area (Å²) in [6.07, 6.45) is 6.48. The molecule has 1 aliphatic rings. The van der Waals surface area contributed by atoms with Gasteiger partial charge >= 0.3 is 5.97 Å². The van der Waals surface area contributed by atoms with Crippen LogP contribution in [0.15, 0.2) is 18.2 Å². The van der Waals surface area contributed by atoms with Crippen molar-refractivity contribution >= 4 is 17.3 Å². The SMILES string of the molecule is Nc1c(NCCC2CCCC2)cccc1C(=O)O. The standard InChI is InChI=1S/C14H20N2O2/c15-13-11(14(17)18)6-3-7-12(13)16-9-8-10-4-1-2-5-10/h3,6-7,10,16H,1-2,4-5,8-9,15H2,(H,17,18). The van der Waals surface area contributed by atoms with Gasteiger partial charge in [0.15, 0.2) is 0 Å². The Balaban J connectivity index is 1.92. The average Bonchev–Trinajstić information content (AvgIpc) is 2.84. The summed E-state index contributed by atoms with van der Waals surface area (Å²) in [6, 6.07) is 5.08. The lowest BCUT2D eigenvalue weighted by molar-refractivity contribution is 0.0698. The Morgan fingerprint density at radius 2 is 2.11 bits per heavy atom. The van der Waals surface area contributed by atoms with Crippen LogP contribution in [0, 0.1) is 5.92 Å². The van der Waals surface area contributed by atoms with E-state index >= 15 is 0 Å². The molecule has 1 fully saturated rings. The fourth-order valence-corrected chi connectivity index (χ4v) is 2.62. The molecule has 0 atom stereocenters. The van der Waals surface area contributed by atoms with E-state index < -0.39 is 5.97 Å². The first kappa shape index (κ1) is 12.7. The first-order valence-corrected chi connectivity index (χ1v) is 6.54. The number of benzene rings is 1. The van der Waals surface area contributed by atoms with Crippen LogP contribution in [-0.4, -0.2) is 17.6 Å². The Hall–Kier alpha value is -1.71. The lowest BCUT2D eigenvalue weighted by Crippen LogP contribution is -2.10. The molecule has 4 N–H and O–H groups in total. The normalized spacial score (nSPS) is 15.8. The molecule has 0 amide bonds. The van der Waals surface area contributed by atoms with Crippen LogP contribution in [0.25, 0.3) is 0 Å². The topological polar surface area (TPSA) is 75.3 Å². The number of carboxylic acids is 1. The molecule has 4 nitrogen and oxygen atoms in total. The van der Waals surface area contributed by atoms with E-state index in [0.29, 0.717) is 5.69 Å². The number of hydrogen-bond acceptors (Lipinski definition) is 3. The van der Waals surface area contributed by atoms with E-state index in [-0.39, 0.29) is 5.56 Å². The summed E-state index contributed by atoms with van der Waals surface area (Å²) in [6.45, 7) is 0.859. The molecule has 2 rings (SSSR count). The van der Waals surface area contributed by atoms with E-state index in [4.69, 9.17) is 10.8 Å². The fraction of sp³-hybridized carbons (Fsp3) is 0.500. The summed E-state index contributed by atoms with van der Waals surface area (Å²) < 4.78 is 0. The smallest absolute Gasteiger partial charge is 0.337 e. The highest BCUT2D eigenvalue weighted by molar-refractivity contribution is 5.97.